The van der Waals surface area contributed by atoms with E-state index in [1.165, 1.54) is 21.3 Å². The van der Waals surface area contributed by atoms with Crippen LogP contribution in [-0.2, 0) is 11.3 Å². The molecular weight excluding hydrogens is 484 g/mol. The zero-order chi connectivity index (χ0) is 25.5. The van der Waals surface area contributed by atoms with Crippen LogP contribution in [0.4, 0.5) is 5.82 Å². The maximum absolute atomic E-state index is 12.9. The number of methoxy groups -OCH3 is 3. The Morgan fingerprint density at radius 2 is 1.83 bits per heavy atom. The van der Waals surface area contributed by atoms with E-state index in [1.54, 1.807) is 30.1 Å². The summed E-state index contributed by atoms with van der Waals surface area (Å²) in [5.74, 6) is 2.84. The van der Waals surface area contributed by atoms with Crippen LogP contribution in [0, 0.1) is 0 Å². The van der Waals surface area contributed by atoms with Crippen molar-refractivity contribution < 1.29 is 23.7 Å². The maximum Gasteiger partial charge on any atom is 0.251 e. The molecule has 0 unspecified atom stereocenters. The lowest BCUT2D eigenvalue weighted by atomic mass is 10.1. The molecule has 1 aromatic carbocycles. The molecule has 0 spiro atoms. The Bertz CT molecular complexity index is 1170. The number of morpholine rings is 1. The van der Waals surface area contributed by atoms with E-state index in [1.807, 2.05) is 4.68 Å². The predicted octanol–water partition coefficient (Wildman–Crippen LogP) is 2.62. The third-order valence-corrected chi connectivity index (χ3v) is 6.79. The van der Waals surface area contributed by atoms with Crippen molar-refractivity contribution in [2.75, 3.05) is 64.8 Å². The number of hydrogen-bond donors (Lipinski definition) is 1. The molecule has 36 heavy (non-hydrogen) atoms. The van der Waals surface area contributed by atoms with Crippen molar-refractivity contribution in [1.29, 1.82) is 0 Å². The molecule has 0 atom stereocenters. The SMILES string of the molecule is CCCSc1nc(N2CCOCC2)c2cnn(CCNC(=O)c3cc(OC)c(OC)c(OC)c3)c2n1. The summed E-state index contributed by atoms with van der Waals surface area (Å²) in [5, 5.41) is 9.13. The molecule has 1 amide bonds. The topological polar surface area (TPSA) is 113 Å². The molecule has 1 fully saturated rings. The van der Waals surface area contributed by atoms with Gasteiger partial charge in [-0.3, -0.25) is 4.79 Å². The van der Waals surface area contributed by atoms with E-state index in [0.717, 1.165) is 47.3 Å². The number of aromatic nitrogens is 4. The Morgan fingerprint density at radius 1 is 1.11 bits per heavy atom. The van der Waals surface area contributed by atoms with Gasteiger partial charge in [0.1, 0.15) is 5.82 Å². The van der Waals surface area contributed by atoms with Gasteiger partial charge >= 0.3 is 0 Å². The average Bonchev–Trinajstić information content (AvgIpc) is 3.33. The highest BCUT2D eigenvalue weighted by atomic mass is 32.2. The quantitative estimate of drug-likeness (QED) is 0.301. The van der Waals surface area contributed by atoms with Gasteiger partial charge in [-0.25, -0.2) is 14.6 Å². The second-order valence-corrected chi connectivity index (χ2v) is 9.11. The summed E-state index contributed by atoms with van der Waals surface area (Å²) in [6.07, 6.45) is 2.83. The summed E-state index contributed by atoms with van der Waals surface area (Å²) in [7, 11) is 4.55. The molecule has 1 aliphatic heterocycles. The smallest absolute Gasteiger partial charge is 0.251 e. The number of amides is 1. The van der Waals surface area contributed by atoms with Gasteiger partial charge in [-0.05, 0) is 18.6 Å². The summed E-state index contributed by atoms with van der Waals surface area (Å²) < 4.78 is 23.4. The van der Waals surface area contributed by atoms with Crippen molar-refractivity contribution in [3.63, 3.8) is 0 Å². The van der Waals surface area contributed by atoms with Crippen LogP contribution in [0.5, 0.6) is 17.2 Å². The van der Waals surface area contributed by atoms with Gasteiger partial charge in [-0.2, -0.15) is 5.10 Å². The molecule has 3 heterocycles. The Morgan fingerprint density at radius 3 is 2.47 bits per heavy atom. The monoisotopic (exact) mass is 516 g/mol. The molecule has 4 rings (SSSR count). The summed E-state index contributed by atoms with van der Waals surface area (Å²) in [4.78, 5) is 24.7. The molecule has 2 aromatic heterocycles. The number of anilines is 1. The number of rotatable bonds is 11. The van der Waals surface area contributed by atoms with Crippen molar-refractivity contribution in [3.05, 3.63) is 23.9 Å². The Balaban J connectivity index is 1.52. The van der Waals surface area contributed by atoms with Gasteiger partial charge in [-0.15, -0.1) is 0 Å². The Hall–Kier alpha value is -3.25. The van der Waals surface area contributed by atoms with Crippen LogP contribution >= 0.6 is 11.8 Å². The fraction of sp³-hybridized carbons (Fsp3) is 0.500. The number of benzene rings is 1. The first-order chi connectivity index (χ1) is 17.6. The van der Waals surface area contributed by atoms with Crippen molar-refractivity contribution in [1.82, 2.24) is 25.1 Å². The van der Waals surface area contributed by atoms with Crippen LogP contribution < -0.4 is 24.4 Å². The van der Waals surface area contributed by atoms with E-state index >= 15 is 0 Å². The number of ether oxygens (including phenoxy) is 4. The third kappa shape index (κ3) is 5.59. The van der Waals surface area contributed by atoms with Crippen LogP contribution in [0.25, 0.3) is 11.0 Å². The molecule has 12 heteroatoms. The molecule has 194 valence electrons. The molecular formula is C24H32N6O5S. The second-order valence-electron chi connectivity index (χ2n) is 8.05. The summed E-state index contributed by atoms with van der Waals surface area (Å²) >= 11 is 1.64. The van der Waals surface area contributed by atoms with Crippen molar-refractivity contribution in [2.24, 2.45) is 0 Å². The zero-order valence-corrected chi connectivity index (χ0v) is 21.9. The largest absolute Gasteiger partial charge is 0.493 e. The van der Waals surface area contributed by atoms with E-state index in [4.69, 9.17) is 28.9 Å². The van der Waals surface area contributed by atoms with Gasteiger partial charge in [0.25, 0.3) is 5.91 Å². The fourth-order valence-corrected chi connectivity index (χ4v) is 4.64. The molecule has 0 aliphatic carbocycles. The van der Waals surface area contributed by atoms with E-state index in [0.29, 0.717) is 49.1 Å². The number of nitrogens with one attached hydrogen (secondary N) is 1. The first kappa shape index (κ1) is 25.8. The predicted molar refractivity (Wildman–Crippen MR) is 138 cm³/mol. The van der Waals surface area contributed by atoms with Crippen molar-refractivity contribution >= 4 is 34.5 Å². The van der Waals surface area contributed by atoms with Crippen molar-refractivity contribution in [3.8, 4) is 17.2 Å². The number of hydrogen-bond acceptors (Lipinski definition) is 10. The summed E-state index contributed by atoms with van der Waals surface area (Å²) in [5.41, 5.74) is 1.16. The molecule has 1 N–H and O–H groups in total. The van der Waals surface area contributed by atoms with Gasteiger partial charge < -0.3 is 29.2 Å². The molecule has 1 aliphatic rings. The first-order valence-electron chi connectivity index (χ1n) is 11.9. The van der Waals surface area contributed by atoms with Crippen LogP contribution in [0.1, 0.15) is 23.7 Å². The number of thioether (sulfide) groups is 1. The molecule has 11 nitrogen and oxygen atoms in total. The molecule has 1 saturated heterocycles. The lowest BCUT2D eigenvalue weighted by Crippen LogP contribution is -2.37. The minimum absolute atomic E-state index is 0.256. The second kappa shape index (κ2) is 12.1. The normalized spacial score (nSPS) is 13.6. The highest BCUT2D eigenvalue weighted by molar-refractivity contribution is 7.99. The third-order valence-electron chi connectivity index (χ3n) is 5.74. The van der Waals surface area contributed by atoms with Crippen LogP contribution in [-0.4, -0.2) is 85.6 Å². The van der Waals surface area contributed by atoms with Crippen LogP contribution in [0.15, 0.2) is 23.5 Å². The minimum Gasteiger partial charge on any atom is -0.493 e. The van der Waals surface area contributed by atoms with Gasteiger partial charge in [0, 0.05) is 31.0 Å². The highest BCUT2D eigenvalue weighted by Crippen LogP contribution is 2.38. The Kier molecular flexibility index (Phi) is 8.70. The van der Waals surface area contributed by atoms with Crippen molar-refractivity contribution in [2.45, 2.75) is 25.0 Å². The van der Waals surface area contributed by atoms with Gasteiger partial charge in [0.15, 0.2) is 22.3 Å². The molecule has 0 saturated carbocycles. The summed E-state index contributed by atoms with van der Waals surface area (Å²) in [6.45, 7) is 5.85. The maximum atomic E-state index is 12.9. The zero-order valence-electron chi connectivity index (χ0n) is 21.1. The van der Waals surface area contributed by atoms with Crippen LogP contribution in [0.2, 0.25) is 0 Å². The van der Waals surface area contributed by atoms with E-state index in [2.05, 4.69) is 22.2 Å². The van der Waals surface area contributed by atoms with Gasteiger partial charge in [0.2, 0.25) is 5.75 Å². The molecule has 0 radical (unpaired) electrons. The highest BCUT2D eigenvalue weighted by Gasteiger charge is 2.21. The number of carbonyl (C=O) groups is 1. The molecule has 0 bridgehead atoms. The minimum atomic E-state index is -0.256. The first-order valence-corrected chi connectivity index (χ1v) is 12.8. The van der Waals surface area contributed by atoms with Gasteiger partial charge in [0.05, 0.1) is 52.7 Å². The number of nitrogens with zero attached hydrogens (tertiary/aromatic N) is 5. The summed E-state index contributed by atoms with van der Waals surface area (Å²) in [6, 6.07) is 3.25. The standard InChI is InChI=1S/C24H32N6O5S/c1-5-12-36-24-27-21(29-8-10-35-11-9-29)17-15-26-30(22(17)28-24)7-6-25-23(31)16-13-18(32-2)20(34-4)19(14-16)33-3/h13-15H,5-12H2,1-4H3,(H,25,31). The van der Waals surface area contributed by atoms with E-state index < -0.39 is 0 Å². The Labute approximate surface area is 214 Å². The van der Waals surface area contributed by atoms with Gasteiger partial charge in [-0.1, -0.05) is 18.7 Å². The van der Waals surface area contributed by atoms with E-state index in [-0.39, 0.29) is 5.91 Å². The molecule has 3 aromatic rings. The van der Waals surface area contributed by atoms with Crippen LogP contribution in [0.3, 0.4) is 0 Å². The lowest BCUT2D eigenvalue weighted by Gasteiger charge is -2.28. The number of carbonyl (C=O) groups excluding carboxylic acids is 1. The fourth-order valence-electron chi connectivity index (χ4n) is 3.95. The van der Waals surface area contributed by atoms with E-state index in [9.17, 15) is 4.79 Å². The lowest BCUT2D eigenvalue weighted by molar-refractivity contribution is 0.0951. The average molecular weight is 517 g/mol. The number of fused-ring (bicyclic) bond motifs is 1.